The maximum atomic E-state index is 12.2. The molecule has 3 rings (SSSR count). The van der Waals surface area contributed by atoms with E-state index in [4.69, 9.17) is 25.8 Å². The molecule has 28 heavy (non-hydrogen) atoms. The highest BCUT2D eigenvalue weighted by molar-refractivity contribution is 6.30. The fourth-order valence-corrected chi connectivity index (χ4v) is 3.15. The minimum Gasteiger partial charge on any atom is -0.497 e. The molecule has 6 nitrogen and oxygen atoms in total. The molecular formula is C21H22ClNO5. The lowest BCUT2D eigenvalue weighted by molar-refractivity contribution is -0.153. The summed E-state index contributed by atoms with van der Waals surface area (Å²) >= 11 is 5.98. The summed E-state index contributed by atoms with van der Waals surface area (Å²) in [5.41, 5.74) is 1.94. The summed E-state index contributed by atoms with van der Waals surface area (Å²) in [4.78, 5) is 24.1. The van der Waals surface area contributed by atoms with E-state index in [0.29, 0.717) is 24.4 Å². The Kier molecular flexibility index (Phi) is 6.76. The lowest BCUT2D eigenvalue weighted by Crippen LogP contribution is -2.34. The fourth-order valence-electron chi connectivity index (χ4n) is 2.96. The van der Waals surface area contributed by atoms with Crippen LogP contribution >= 0.6 is 11.6 Å². The molecule has 1 aliphatic rings. The van der Waals surface area contributed by atoms with Crippen LogP contribution in [-0.4, -0.2) is 38.7 Å². The zero-order valence-corrected chi connectivity index (χ0v) is 16.3. The van der Waals surface area contributed by atoms with Crippen LogP contribution in [0.2, 0.25) is 5.02 Å². The molecule has 0 unspecified atom stereocenters. The highest BCUT2D eigenvalue weighted by Gasteiger charge is 2.27. The van der Waals surface area contributed by atoms with E-state index in [1.165, 1.54) is 0 Å². The molecule has 1 aliphatic heterocycles. The van der Waals surface area contributed by atoms with E-state index in [0.717, 1.165) is 22.6 Å². The van der Waals surface area contributed by atoms with Gasteiger partial charge in [-0.2, -0.15) is 0 Å². The molecule has 1 amide bonds. The van der Waals surface area contributed by atoms with E-state index in [-0.39, 0.29) is 19.1 Å². The first kappa shape index (κ1) is 20.0. The van der Waals surface area contributed by atoms with Crippen LogP contribution in [0.3, 0.4) is 0 Å². The Balaban J connectivity index is 1.38. The van der Waals surface area contributed by atoms with Gasteiger partial charge in [-0.3, -0.25) is 9.59 Å². The standard InChI is InChI=1S/C21H22ClNO5/c1-26-18-5-2-14(3-6-18)8-9-23-20(24)13-28-21(25)16-10-15-11-17(22)4-7-19(15)27-12-16/h2-7,11,16H,8-10,12-13H2,1H3,(H,23,24)/t16-/m0/s1. The van der Waals surface area contributed by atoms with Crippen LogP contribution in [0.1, 0.15) is 11.1 Å². The Bertz CT molecular complexity index is 837. The number of esters is 1. The predicted molar refractivity (Wildman–Crippen MR) is 105 cm³/mol. The Labute approximate surface area is 168 Å². The lowest BCUT2D eigenvalue weighted by atomic mass is 9.97. The number of fused-ring (bicyclic) bond motifs is 1. The topological polar surface area (TPSA) is 73.9 Å². The van der Waals surface area contributed by atoms with Crippen LogP contribution in [0.25, 0.3) is 0 Å². The van der Waals surface area contributed by atoms with Crippen LogP contribution in [0.15, 0.2) is 42.5 Å². The van der Waals surface area contributed by atoms with Gasteiger partial charge in [0.2, 0.25) is 0 Å². The van der Waals surface area contributed by atoms with Crippen molar-refractivity contribution < 1.29 is 23.8 Å². The molecular weight excluding hydrogens is 382 g/mol. The van der Waals surface area contributed by atoms with Gasteiger partial charge in [-0.25, -0.2) is 0 Å². The summed E-state index contributed by atoms with van der Waals surface area (Å²) in [5, 5.41) is 3.34. The number of hydrogen-bond acceptors (Lipinski definition) is 5. The van der Waals surface area contributed by atoms with Crippen LogP contribution in [0.4, 0.5) is 0 Å². The van der Waals surface area contributed by atoms with E-state index in [9.17, 15) is 9.59 Å². The van der Waals surface area contributed by atoms with Crippen molar-refractivity contribution in [2.24, 2.45) is 5.92 Å². The molecule has 1 N–H and O–H groups in total. The number of halogens is 1. The Morgan fingerprint density at radius 1 is 1.21 bits per heavy atom. The molecule has 0 aliphatic carbocycles. The van der Waals surface area contributed by atoms with Gasteiger partial charge in [0.25, 0.3) is 5.91 Å². The zero-order valence-electron chi connectivity index (χ0n) is 15.6. The lowest BCUT2D eigenvalue weighted by Gasteiger charge is -2.24. The van der Waals surface area contributed by atoms with Crippen LogP contribution in [-0.2, 0) is 27.2 Å². The minimum atomic E-state index is -0.448. The van der Waals surface area contributed by atoms with E-state index < -0.39 is 11.9 Å². The number of nitrogens with one attached hydrogen (secondary N) is 1. The Morgan fingerprint density at radius 2 is 2.00 bits per heavy atom. The first-order chi connectivity index (χ1) is 13.5. The largest absolute Gasteiger partial charge is 0.497 e. The zero-order chi connectivity index (χ0) is 19.9. The normalized spacial score (nSPS) is 15.1. The number of carbonyl (C=O) groups is 2. The summed E-state index contributed by atoms with van der Waals surface area (Å²) in [6.45, 7) is 0.383. The van der Waals surface area contributed by atoms with E-state index in [2.05, 4.69) is 5.32 Å². The van der Waals surface area contributed by atoms with E-state index in [1.807, 2.05) is 24.3 Å². The molecule has 0 saturated heterocycles. The third-order valence-corrected chi connectivity index (χ3v) is 4.74. The van der Waals surface area contributed by atoms with Gasteiger partial charge < -0.3 is 19.5 Å². The Hall–Kier alpha value is -2.73. The summed E-state index contributed by atoms with van der Waals surface area (Å²) in [6.07, 6.45) is 1.16. The summed E-state index contributed by atoms with van der Waals surface area (Å²) in [6, 6.07) is 12.9. The second-order valence-electron chi connectivity index (χ2n) is 6.52. The highest BCUT2D eigenvalue weighted by atomic mass is 35.5. The van der Waals surface area contributed by atoms with Gasteiger partial charge in [-0.05, 0) is 54.3 Å². The molecule has 0 spiro atoms. The van der Waals surface area contributed by atoms with Crippen LogP contribution in [0, 0.1) is 5.92 Å². The molecule has 1 atom stereocenters. The highest BCUT2D eigenvalue weighted by Crippen LogP contribution is 2.30. The maximum Gasteiger partial charge on any atom is 0.313 e. The average molecular weight is 404 g/mol. The van der Waals surface area contributed by atoms with Crippen molar-refractivity contribution >= 4 is 23.5 Å². The second kappa shape index (κ2) is 9.46. The van der Waals surface area contributed by atoms with Gasteiger partial charge in [0.15, 0.2) is 6.61 Å². The van der Waals surface area contributed by atoms with Crippen molar-refractivity contribution in [3.05, 3.63) is 58.6 Å². The monoisotopic (exact) mass is 403 g/mol. The van der Waals surface area contributed by atoms with Gasteiger partial charge in [0, 0.05) is 11.6 Å². The van der Waals surface area contributed by atoms with Crippen molar-refractivity contribution in [2.45, 2.75) is 12.8 Å². The van der Waals surface area contributed by atoms with Gasteiger partial charge in [0.1, 0.15) is 18.1 Å². The van der Waals surface area contributed by atoms with Crippen molar-refractivity contribution in [3.8, 4) is 11.5 Å². The molecule has 7 heteroatoms. The molecule has 0 fully saturated rings. The summed E-state index contributed by atoms with van der Waals surface area (Å²) in [7, 11) is 1.61. The van der Waals surface area contributed by atoms with Crippen LogP contribution in [0.5, 0.6) is 11.5 Å². The smallest absolute Gasteiger partial charge is 0.313 e. The van der Waals surface area contributed by atoms with Gasteiger partial charge in [-0.1, -0.05) is 23.7 Å². The minimum absolute atomic E-state index is 0.229. The number of carbonyl (C=O) groups excluding carboxylic acids is 2. The third kappa shape index (κ3) is 5.39. The van der Waals surface area contributed by atoms with Crippen molar-refractivity contribution in [1.82, 2.24) is 5.32 Å². The Morgan fingerprint density at radius 3 is 2.75 bits per heavy atom. The van der Waals surface area contributed by atoms with Gasteiger partial charge in [-0.15, -0.1) is 0 Å². The second-order valence-corrected chi connectivity index (χ2v) is 6.96. The third-order valence-electron chi connectivity index (χ3n) is 4.50. The van der Waals surface area contributed by atoms with Crippen molar-refractivity contribution in [2.75, 3.05) is 26.9 Å². The van der Waals surface area contributed by atoms with E-state index in [1.54, 1.807) is 25.3 Å². The number of rotatable bonds is 7. The number of hydrogen-bond donors (Lipinski definition) is 1. The van der Waals surface area contributed by atoms with Gasteiger partial charge >= 0.3 is 5.97 Å². The number of benzene rings is 2. The quantitative estimate of drug-likeness (QED) is 0.719. The van der Waals surface area contributed by atoms with Crippen molar-refractivity contribution in [1.29, 1.82) is 0 Å². The molecule has 0 radical (unpaired) electrons. The molecule has 0 saturated carbocycles. The fraction of sp³-hybridized carbons (Fsp3) is 0.333. The number of amides is 1. The van der Waals surface area contributed by atoms with E-state index >= 15 is 0 Å². The summed E-state index contributed by atoms with van der Waals surface area (Å²) in [5.74, 6) is 0.289. The average Bonchev–Trinajstić information content (AvgIpc) is 2.72. The molecule has 0 bridgehead atoms. The first-order valence-electron chi connectivity index (χ1n) is 9.02. The molecule has 1 heterocycles. The first-order valence-corrected chi connectivity index (χ1v) is 9.40. The SMILES string of the molecule is COc1ccc(CCNC(=O)COC(=O)[C@@H]2COc3ccc(Cl)cc3C2)cc1. The number of methoxy groups -OCH3 is 1. The summed E-state index contributed by atoms with van der Waals surface area (Å²) < 4.78 is 15.8. The maximum absolute atomic E-state index is 12.2. The van der Waals surface area contributed by atoms with Crippen molar-refractivity contribution in [3.63, 3.8) is 0 Å². The molecule has 2 aromatic rings. The predicted octanol–water partition coefficient (Wildman–Crippen LogP) is 2.80. The van der Waals surface area contributed by atoms with Gasteiger partial charge in [0.05, 0.1) is 13.0 Å². The van der Waals surface area contributed by atoms with Crippen LogP contribution < -0.4 is 14.8 Å². The molecule has 148 valence electrons. The number of ether oxygens (including phenoxy) is 3. The molecule has 0 aromatic heterocycles. The molecule has 2 aromatic carbocycles.